The van der Waals surface area contributed by atoms with Gasteiger partial charge in [0.05, 0.1) is 0 Å². The first-order valence-electron chi connectivity index (χ1n) is 8.62. The zero-order chi connectivity index (χ0) is 16.8. The molecular formula is C20H25N3O. The highest BCUT2D eigenvalue weighted by Gasteiger charge is 2.20. The molecule has 2 N–H and O–H groups in total. The van der Waals surface area contributed by atoms with Gasteiger partial charge in [0, 0.05) is 44.8 Å². The molecular weight excluding hydrogens is 298 g/mol. The van der Waals surface area contributed by atoms with Crippen LogP contribution in [0.3, 0.4) is 0 Å². The van der Waals surface area contributed by atoms with Gasteiger partial charge in [-0.1, -0.05) is 42.5 Å². The lowest BCUT2D eigenvalue weighted by Gasteiger charge is -2.36. The lowest BCUT2D eigenvalue weighted by molar-refractivity contribution is -0.131. The molecule has 0 aromatic heterocycles. The van der Waals surface area contributed by atoms with Gasteiger partial charge in [0.1, 0.15) is 0 Å². The van der Waals surface area contributed by atoms with Crippen molar-refractivity contribution in [3.05, 3.63) is 65.7 Å². The van der Waals surface area contributed by atoms with E-state index < -0.39 is 0 Å². The van der Waals surface area contributed by atoms with Crippen molar-refractivity contribution in [3.63, 3.8) is 0 Å². The number of hydrogen-bond donors (Lipinski definition) is 1. The van der Waals surface area contributed by atoms with Gasteiger partial charge in [0.15, 0.2) is 0 Å². The van der Waals surface area contributed by atoms with Gasteiger partial charge < -0.3 is 15.5 Å². The maximum Gasteiger partial charge on any atom is 0.223 e. The van der Waals surface area contributed by atoms with Gasteiger partial charge in [-0.3, -0.25) is 4.79 Å². The minimum absolute atomic E-state index is 0.255. The molecule has 1 aliphatic heterocycles. The van der Waals surface area contributed by atoms with E-state index in [2.05, 4.69) is 41.3 Å². The topological polar surface area (TPSA) is 49.6 Å². The number of para-hydroxylation sites is 1. The van der Waals surface area contributed by atoms with Crippen LogP contribution in [0.25, 0.3) is 0 Å². The van der Waals surface area contributed by atoms with E-state index >= 15 is 0 Å². The maximum absolute atomic E-state index is 12.4. The lowest BCUT2D eigenvalue weighted by Crippen LogP contribution is -2.48. The molecule has 0 aliphatic carbocycles. The highest BCUT2D eigenvalue weighted by Crippen LogP contribution is 2.16. The van der Waals surface area contributed by atoms with Crippen LogP contribution in [0.5, 0.6) is 0 Å². The van der Waals surface area contributed by atoms with Crippen LogP contribution in [0.15, 0.2) is 54.6 Å². The molecule has 1 aliphatic rings. The number of hydrogen-bond acceptors (Lipinski definition) is 3. The summed E-state index contributed by atoms with van der Waals surface area (Å²) in [4.78, 5) is 16.8. The van der Waals surface area contributed by atoms with Gasteiger partial charge in [-0.05, 0) is 29.7 Å². The van der Waals surface area contributed by atoms with Crippen molar-refractivity contribution in [1.29, 1.82) is 0 Å². The number of nitrogens with two attached hydrogens (primary N) is 1. The molecule has 1 fully saturated rings. The van der Waals surface area contributed by atoms with E-state index in [4.69, 9.17) is 5.73 Å². The summed E-state index contributed by atoms with van der Waals surface area (Å²) in [6.45, 7) is 3.98. The van der Waals surface area contributed by atoms with Crippen LogP contribution < -0.4 is 10.6 Å². The summed E-state index contributed by atoms with van der Waals surface area (Å²) in [7, 11) is 0. The fourth-order valence-electron chi connectivity index (χ4n) is 3.10. The second kappa shape index (κ2) is 7.97. The molecule has 4 heteroatoms. The molecule has 1 heterocycles. The first-order chi connectivity index (χ1) is 11.8. The van der Waals surface area contributed by atoms with Gasteiger partial charge in [-0.15, -0.1) is 0 Å². The van der Waals surface area contributed by atoms with Crippen LogP contribution in [0, 0.1) is 0 Å². The zero-order valence-corrected chi connectivity index (χ0v) is 14.0. The molecule has 0 unspecified atom stereocenters. The number of carbonyl (C=O) groups excluding carboxylic acids is 1. The summed E-state index contributed by atoms with van der Waals surface area (Å²) >= 11 is 0. The molecule has 126 valence electrons. The number of anilines is 1. The summed E-state index contributed by atoms with van der Waals surface area (Å²) in [5.74, 6) is 0.255. The minimum Gasteiger partial charge on any atom is -0.368 e. The predicted molar refractivity (Wildman–Crippen MR) is 97.9 cm³/mol. The second-order valence-corrected chi connectivity index (χ2v) is 6.22. The lowest BCUT2D eigenvalue weighted by atomic mass is 10.1. The molecule has 0 spiro atoms. The number of aryl methyl sites for hydroxylation is 1. The summed E-state index contributed by atoms with van der Waals surface area (Å²) in [5, 5.41) is 0. The third-order valence-corrected chi connectivity index (χ3v) is 4.64. The van der Waals surface area contributed by atoms with E-state index in [-0.39, 0.29) is 5.91 Å². The molecule has 1 amide bonds. The van der Waals surface area contributed by atoms with Crippen molar-refractivity contribution < 1.29 is 4.79 Å². The van der Waals surface area contributed by atoms with E-state index in [0.29, 0.717) is 13.0 Å². The molecule has 0 radical (unpaired) electrons. The number of amides is 1. The Bertz CT molecular complexity index is 646. The van der Waals surface area contributed by atoms with E-state index in [1.165, 1.54) is 11.3 Å². The van der Waals surface area contributed by atoms with Gasteiger partial charge in [-0.2, -0.15) is 0 Å². The van der Waals surface area contributed by atoms with Crippen molar-refractivity contribution in [2.75, 3.05) is 31.1 Å². The van der Waals surface area contributed by atoms with Crippen LogP contribution in [0.1, 0.15) is 17.5 Å². The molecule has 3 rings (SSSR count). The predicted octanol–water partition coefficient (Wildman–Crippen LogP) is 2.43. The van der Waals surface area contributed by atoms with Gasteiger partial charge >= 0.3 is 0 Å². The second-order valence-electron chi connectivity index (χ2n) is 6.22. The van der Waals surface area contributed by atoms with Crippen molar-refractivity contribution in [3.8, 4) is 0 Å². The Labute approximate surface area is 143 Å². The molecule has 0 saturated carbocycles. The number of rotatable bonds is 5. The molecule has 2 aromatic carbocycles. The highest BCUT2D eigenvalue weighted by atomic mass is 16.2. The Balaban J connectivity index is 1.46. The standard InChI is InChI=1S/C20H25N3O/c21-16-18-8-6-17(7-9-18)10-11-20(24)23-14-12-22(13-15-23)19-4-2-1-3-5-19/h1-9H,10-16,21H2. The average molecular weight is 323 g/mol. The number of nitrogens with zero attached hydrogens (tertiary/aromatic N) is 2. The van der Waals surface area contributed by atoms with Crippen LogP contribution in [0.4, 0.5) is 5.69 Å². The first-order valence-corrected chi connectivity index (χ1v) is 8.62. The van der Waals surface area contributed by atoms with Gasteiger partial charge in [0.2, 0.25) is 5.91 Å². The SMILES string of the molecule is NCc1ccc(CCC(=O)N2CCN(c3ccccc3)CC2)cc1. The largest absolute Gasteiger partial charge is 0.368 e. The van der Waals surface area contributed by atoms with E-state index in [9.17, 15) is 4.79 Å². The molecule has 0 bridgehead atoms. The molecule has 24 heavy (non-hydrogen) atoms. The monoisotopic (exact) mass is 323 g/mol. The summed E-state index contributed by atoms with van der Waals surface area (Å²) < 4.78 is 0. The van der Waals surface area contributed by atoms with Crippen molar-refractivity contribution in [2.45, 2.75) is 19.4 Å². The first kappa shape index (κ1) is 16.5. The smallest absolute Gasteiger partial charge is 0.223 e. The molecule has 2 aromatic rings. The van der Waals surface area contributed by atoms with Crippen molar-refractivity contribution in [1.82, 2.24) is 4.90 Å². The van der Waals surface area contributed by atoms with Crippen LogP contribution in [-0.2, 0) is 17.8 Å². The maximum atomic E-state index is 12.4. The molecule has 1 saturated heterocycles. The zero-order valence-electron chi connectivity index (χ0n) is 14.0. The Morgan fingerprint density at radius 3 is 2.12 bits per heavy atom. The molecule has 0 atom stereocenters. The Hall–Kier alpha value is -2.33. The average Bonchev–Trinajstić information content (AvgIpc) is 2.67. The van der Waals surface area contributed by atoms with Gasteiger partial charge in [-0.25, -0.2) is 0 Å². The normalized spacial score (nSPS) is 14.7. The number of piperazine rings is 1. The fourth-order valence-corrected chi connectivity index (χ4v) is 3.10. The van der Waals surface area contributed by atoms with Crippen molar-refractivity contribution in [2.24, 2.45) is 5.73 Å². The summed E-state index contributed by atoms with van der Waals surface area (Å²) in [6.07, 6.45) is 1.37. The molecule has 4 nitrogen and oxygen atoms in total. The van der Waals surface area contributed by atoms with Crippen LogP contribution >= 0.6 is 0 Å². The summed E-state index contributed by atoms with van der Waals surface area (Å²) in [5.41, 5.74) is 9.17. The number of benzene rings is 2. The van der Waals surface area contributed by atoms with Crippen LogP contribution in [0.2, 0.25) is 0 Å². The van der Waals surface area contributed by atoms with E-state index in [1.807, 2.05) is 23.1 Å². The Morgan fingerprint density at radius 2 is 1.50 bits per heavy atom. The number of carbonyl (C=O) groups is 1. The van der Waals surface area contributed by atoms with E-state index in [0.717, 1.165) is 38.2 Å². The van der Waals surface area contributed by atoms with Crippen molar-refractivity contribution >= 4 is 11.6 Å². The van der Waals surface area contributed by atoms with E-state index in [1.54, 1.807) is 0 Å². The fraction of sp³-hybridized carbons (Fsp3) is 0.350. The van der Waals surface area contributed by atoms with Crippen LogP contribution in [-0.4, -0.2) is 37.0 Å². The third-order valence-electron chi connectivity index (χ3n) is 4.64. The third kappa shape index (κ3) is 4.15. The summed E-state index contributed by atoms with van der Waals surface area (Å²) in [6, 6.07) is 18.6. The highest BCUT2D eigenvalue weighted by molar-refractivity contribution is 5.76. The minimum atomic E-state index is 0.255. The van der Waals surface area contributed by atoms with Gasteiger partial charge in [0.25, 0.3) is 0 Å². The Kier molecular flexibility index (Phi) is 5.49. The quantitative estimate of drug-likeness (QED) is 0.919. The Morgan fingerprint density at radius 1 is 0.875 bits per heavy atom.